The molecule has 0 aromatic heterocycles. The predicted octanol–water partition coefficient (Wildman–Crippen LogP) is 3.94. The number of aliphatic imine (C=N–C) groups is 1. The van der Waals surface area contributed by atoms with Crippen molar-refractivity contribution in [2.45, 2.75) is 33.7 Å². The summed E-state index contributed by atoms with van der Waals surface area (Å²) in [5.74, 6) is 2.54. The molecular formula is C21H30N2O5S. The summed E-state index contributed by atoms with van der Waals surface area (Å²) in [6.45, 7) is 8.24. The molecule has 1 heterocycles. The number of hydrogen-bond donors (Lipinski definition) is 1. The Balaban J connectivity index is 2.57. The number of allylic oxidation sites excluding steroid dienone is 1. The van der Waals surface area contributed by atoms with E-state index >= 15 is 0 Å². The minimum Gasteiger partial charge on any atom is -0.493 e. The number of ether oxygens (including phenoxy) is 4. The maximum Gasteiger partial charge on any atom is 0.338 e. The molecule has 0 fully saturated rings. The third kappa shape index (κ3) is 5.38. The predicted molar refractivity (Wildman–Crippen MR) is 116 cm³/mol. The first-order chi connectivity index (χ1) is 13.9. The fraction of sp³-hybridized carbons (Fsp3) is 0.524. The molecule has 0 unspecified atom stereocenters. The second-order valence-electron chi connectivity index (χ2n) is 6.88. The number of rotatable bonds is 8. The Bertz CT molecular complexity index is 779. The van der Waals surface area contributed by atoms with Crippen molar-refractivity contribution >= 4 is 22.9 Å². The Morgan fingerprint density at radius 1 is 1.17 bits per heavy atom. The molecule has 1 aromatic carbocycles. The zero-order valence-corrected chi connectivity index (χ0v) is 18.9. The maximum absolute atomic E-state index is 12.7. The molecule has 2 rings (SSSR count). The molecule has 7 nitrogen and oxygen atoms in total. The molecule has 1 N–H and O–H groups in total. The maximum atomic E-state index is 12.7. The fourth-order valence-corrected chi connectivity index (χ4v) is 3.84. The lowest BCUT2D eigenvalue weighted by Crippen LogP contribution is -2.31. The SMILES string of the molecule is CCOC(=O)C1=C(C)NC(SCC(C)C)=N[C@H]1c1cc(OC)c(OC)c(OC)c1. The highest BCUT2D eigenvalue weighted by Gasteiger charge is 2.32. The lowest BCUT2D eigenvalue weighted by Gasteiger charge is -2.27. The van der Waals surface area contributed by atoms with Crippen LogP contribution < -0.4 is 19.5 Å². The Labute approximate surface area is 176 Å². The Morgan fingerprint density at radius 3 is 2.28 bits per heavy atom. The van der Waals surface area contributed by atoms with Gasteiger partial charge >= 0.3 is 5.97 Å². The van der Waals surface area contributed by atoms with Gasteiger partial charge in [0.15, 0.2) is 16.7 Å². The summed E-state index contributed by atoms with van der Waals surface area (Å²) < 4.78 is 21.7. The van der Waals surface area contributed by atoms with Gasteiger partial charge in [0.25, 0.3) is 0 Å². The van der Waals surface area contributed by atoms with Gasteiger partial charge < -0.3 is 24.3 Å². The van der Waals surface area contributed by atoms with Crippen molar-refractivity contribution in [3.05, 3.63) is 29.0 Å². The van der Waals surface area contributed by atoms with E-state index < -0.39 is 12.0 Å². The third-order valence-corrected chi connectivity index (χ3v) is 5.58. The molecule has 1 aliphatic heterocycles. The zero-order valence-electron chi connectivity index (χ0n) is 18.1. The van der Waals surface area contributed by atoms with Crippen molar-refractivity contribution in [2.24, 2.45) is 10.9 Å². The highest BCUT2D eigenvalue weighted by atomic mass is 32.2. The van der Waals surface area contributed by atoms with Crippen LogP contribution in [0.15, 0.2) is 28.4 Å². The number of hydrogen-bond acceptors (Lipinski definition) is 8. The number of methoxy groups -OCH3 is 3. The highest BCUT2D eigenvalue weighted by molar-refractivity contribution is 8.13. The Morgan fingerprint density at radius 2 is 1.79 bits per heavy atom. The molecule has 0 bridgehead atoms. The van der Waals surface area contributed by atoms with Crippen molar-refractivity contribution in [1.29, 1.82) is 0 Å². The van der Waals surface area contributed by atoms with E-state index in [1.54, 1.807) is 40.0 Å². The Kier molecular flexibility index (Phi) is 8.25. The van der Waals surface area contributed by atoms with Crippen LogP contribution in [0, 0.1) is 5.92 Å². The first-order valence-electron chi connectivity index (χ1n) is 9.51. The first-order valence-corrected chi connectivity index (χ1v) is 10.5. The van der Waals surface area contributed by atoms with Crippen LogP contribution in [-0.4, -0.2) is 44.8 Å². The lowest BCUT2D eigenvalue weighted by atomic mass is 9.96. The van der Waals surface area contributed by atoms with E-state index in [0.29, 0.717) is 28.7 Å². The van der Waals surface area contributed by atoms with E-state index in [1.807, 2.05) is 19.1 Å². The molecule has 1 aromatic rings. The number of nitrogens with one attached hydrogen (secondary N) is 1. The van der Waals surface area contributed by atoms with Crippen LogP contribution in [0.4, 0.5) is 0 Å². The number of carbonyl (C=O) groups excluding carboxylic acids is 1. The highest BCUT2D eigenvalue weighted by Crippen LogP contribution is 2.43. The van der Waals surface area contributed by atoms with Gasteiger partial charge in [-0.2, -0.15) is 0 Å². The van der Waals surface area contributed by atoms with E-state index in [9.17, 15) is 4.79 Å². The molecule has 0 aliphatic carbocycles. The van der Waals surface area contributed by atoms with Crippen LogP contribution in [-0.2, 0) is 9.53 Å². The summed E-state index contributed by atoms with van der Waals surface area (Å²) in [7, 11) is 4.67. The van der Waals surface area contributed by atoms with Crippen molar-refractivity contribution in [2.75, 3.05) is 33.7 Å². The Hall–Kier alpha value is -2.35. The molecule has 0 saturated heterocycles. The van der Waals surface area contributed by atoms with Crippen LogP contribution in [0.3, 0.4) is 0 Å². The lowest BCUT2D eigenvalue weighted by molar-refractivity contribution is -0.138. The normalized spacial score (nSPS) is 16.3. The van der Waals surface area contributed by atoms with Crippen LogP contribution in [0.25, 0.3) is 0 Å². The topological polar surface area (TPSA) is 78.4 Å². The number of thioether (sulfide) groups is 1. The van der Waals surface area contributed by atoms with Crippen molar-refractivity contribution in [3.8, 4) is 17.2 Å². The van der Waals surface area contributed by atoms with Crippen molar-refractivity contribution in [3.63, 3.8) is 0 Å². The number of nitrogens with zero attached hydrogens (tertiary/aromatic N) is 1. The average Bonchev–Trinajstić information content (AvgIpc) is 2.70. The van der Waals surface area contributed by atoms with Gasteiger partial charge in [-0.05, 0) is 37.5 Å². The summed E-state index contributed by atoms with van der Waals surface area (Å²) >= 11 is 1.63. The average molecular weight is 423 g/mol. The molecule has 29 heavy (non-hydrogen) atoms. The number of carbonyl (C=O) groups is 1. The van der Waals surface area contributed by atoms with Gasteiger partial charge in [0.1, 0.15) is 6.04 Å². The molecule has 1 aliphatic rings. The zero-order chi connectivity index (χ0) is 21.6. The standard InChI is InChI=1S/C21H30N2O5S/c1-8-28-20(24)17-13(4)22-21(29-11-12(2)3)23-18(17)14-9-15(25-5)19(27-7)16(10-14)26-6/h9-10,12,18H,8,11H2,1-7H3,(H,22,23)/t18-/m0/s1. The van der Waals surface area contributed by atoms with Gasteiger partial charge in [0.05, 0.1) is 33.5 Å². The first kappa shape index (κ1) is 22.9. The summed E-state index contributed by atoms with van der Waals surface area (Å²) in [5.41, 5.74) is 1.95. The molecule has 8 heteroatoms. The van der Waals surface area contributed by atoms with E-state index in [-0.39, 0.29) is 6.61 Å². The quantitative estimate of drug-likeness (QED) is 0.636. The molecule has 0 amide bonds. The third-order valence-electron chi connectivity index (χ3n) is 4.27. The minimum atomic E-state index is -0.543. The number of amidine groups is 1. The summed E-state index contributed by atoms with van der Waals surface area (Å²) in [5, 5.41) is 4.01. The second-order valence-corrected chi connectivity index (χ2v) is 7.89. The molecule has 0 spiro atoms. The second kappa shape index (κ2) is 10.4. The largest absolute Gasteiger partial charge is 0.493 e. The monoisotopic (exact) mass is 422 g/mol. The minimum absolute atomic E-state index is 0.288. The van der Waals surface area contributed by atoms with E-state index in [1.165, 1.54) is 0 Å². The van der Waals surface area contributed by atoms with Gasteiger partial charge in [-0.25, -0.2) is 9.79 Å². The van der Waals surface area contributed by atoms with Crippen LogP contribution in [0.1, 0.15) is 39.3 Å². The molecule has 0 radical (unpaired) electrons. The number of esters is 1. The van der Waals surface area contributed by atoms with Crippen LogP contribution in [0.5, 0.6) is 17.2 Å². The molecular weight excluding hydrogens is 392 g/mol. The smallest absolute Gasteiger partial charge is 0.338 e. The number of benzene rings is 1. The van der Waals surface area contributed by atoms with Crippen molar-refractivity contribution < 1.29 is 23.7 Å². The summed E-state index contributed by atoms with van der Waals surface area (Å²) in [6, 6.07) is 3.09. The molecule has 0 saturated carbocycles. The molecule has 160 valence electrons. The van der Waals surface area contributed by atoms with E-state index in [4.69, 9.17) is 23.9 Å². The van der Waals surface area contributed by atoms with Gasteiger partial charge in [-0.1, -0.05) is 25.6 Å². The van der Waals surface area contributed by atoms with Gasteiger partial charge in [-0.15, -0.1) is 0 Å². The molecule has 1 atom stereocenters. The van der Waals surface area contributed by atoms with Crippen molar-refractivity contribution in [1.82, 2.24) is 5.32 Å². The van der Waals surface area contributed by atoms with E-state index in [2.05, 4.69) is 19.2 Å². The van der Waals surface area contributed by atoms with Gasteiger partial charge in [0.2, 0.25) is 5.75 Å². The van der Waals surface area contributed by atoms with Gasteiger partial charge in [0, 0.05) is 11.4 Å². The summed E-state index contributed by atoms with van der Waals surface area (Å²) in [4.78, 5) is 17.5. The fourth-order valence-electron chi connectivity index (χ4n) is 2.94. The van der Waals surface area contributed by atoms with Crippen LogP contribution in [0.2, 0.25) is 0 Å². The summed E-state index contributed by atoms with van der Waals surface area (Å²) in [6.07, 6.45) is 0. The van der Waals surface area contributed by atoms with Gasteiger partial charge in [-0.3, -0.25) is 0 Å². The van der Waals surface area contributed by atoms with Crippen LogP contribution >= 0.6 is 11.8 Å². The van der Waals surface area contributed by atoms with E-state index in [0.717, 1.165) is 22.2 Å².